The van der Waals surface area contributed by atoms with E-state index in [4.69, 9.17) is 11.6 Å². The predicted molar refractivity (Wildman–Crippen MR) is 106 cm³/mol. The molecule has 1 aliphatic rings. The summed E-state index contributed by atoms with van der Waals surface area (Å²) in [7, 11) is -3.83. The van der Waals surface area contributed by atoms with Gasteiger partial charge in [0.15, 0.2) is 15.6 Å². The standard InChI is InChI=1S/C19H20ClFN2O4S/c1-11-14(21)7-4-8-15(11)22-19(25)23-16-10-9-13(20)18(17(16)24)28(26,27)12-5-2-3-6-12/h4,7-10,12,24H,2-3,5-6H2,1H3,(H2,22,23,25). The number of hydrogen-bond acceptors (Lipinski definition) is 4. The van der Waals surface area contributed by atoms with E-state index in [-0.39, 0.29) is 26.9 Å². The van der Waals surface area contributed by atoms with Crippen molar-refractivity contribution < 1.29 is 22.7 Å². The van der Waals surface area contributed by atoms with Gasteiger partial charge in [0.05, 0.1) is 16.0 Å². The number of halogens is 2. The maximum atomic E-state index is 13.6. The van der Waals surface area contributed by atoms with Gasteiger partial charge in [-0.15, -0.1) is 0 Å². The summed E-state index contributed by atoms with van der Waals surface area (Å²) in [4.78, 5) is 11.9. The number of sulfone groups is 1. The molecule has 2 aromatic rings. The van der Waals surface area contributed by atoms with Crippen molar-refractivity contribution in [3.63, 3.8) is 0 Å². The molecule has 9 heteroatoms. The summed E-state index contributed by atoms with van der Waals surface area (Å²) in [6, 6.07) is 6.11. The lowest BCUT2D eigenvalue weighted by Gasteiger charge is -2.17. The van der Waals surface area contributed by atoms with Crippen molar-refractivity contribution in [1.82, 2.24) is 0 Å². The number of rotatable bonds is 4. The van der Waals surface area contributed by atoms with Crippen LogP contribution in [0.4, 0.5) is 20.6 Å². The van der Waals surface area contributed by atoms with E-state index < -0.39 is 32.7 Å². The molecular weight excluding hydrogens is 407 g/mol. The van der Waals surface area contributed by atoms with E-state index in [1.165, 1.54) is 37.3 Å². The Morgan fingerprint density at radius 2 is 1.79 bits per heavy atom. The van der Waals surface area contributed by atoms with Gasteiger partial charge < -0.3 is 15.7 Å². The Balaban J connectivity index is 1.87. The molecular formula is C19H20ClFN2O4S. The van der Waals surface area contributed by atoms with Gasteiger partial charge in [0, 0.05) is 11.3 Å². The highest BCUT2D eigenvalue weighted by Crippen LogP contribution is 2.41. The third kappa shape index (κ3) is 3.93. The molecule has 0 atom stereocenters. The highest BCUT2D eigenvalue weighted by atomic mass is 35.5. The second-order valence-corrected chi connectivity index (χ2v) is 9.29. The first-order valence-corrected chi connectivity index (χ1v) is 10.7. The van der Waals surface area contributed by atoms with Crippen LogP contribution in [-0.4, -0.2) is 24.8 Å². The molecule has 1 fully saturated rings. The number of anilines is 2. The number of phenolic OH excluding ortho intramolecular Hbond substituents is 1. The molecule has 0 spiro atoms. The molecule has 3 N–H and O–H groups in total. The number of amides is 2. The van der Waals surface area contributed by atoms with Gasteiger partial charge in [-0.25, -0.2) is 17.6 Å². The van der Waals surface area contributed by atoms with E-state index in [0.29, 0.717) is 12.8 Å². The van der Waals surface area contributed by atoms with E-state index in [1.807, 2.05) is 0 Å². The number of hydrogen-bond donors (Lipinski definition) is 3. The highest BCUT2D eigenvalue weighted by molar-refractivity contribution is 7.92. The van der Waals surface area contributed by atoms with Gasteiger partial charge in [-0.05, 0) is 44.0 Å². The molecule has 0 heterocycles. The minimum atomic E-state index is -3.83. The van der Waals surface area contributed by atoms with Gasteiger partial charge in [-0.3, -0.25) is 0 Å². The fourth-order valence-electron chi connectivity index (χ4n) is 3.30. The van der Waals surface area contributed by atoms with Crippen LogP contribution in [0.3, 0.4) is 0 Å². The molecule has 2 aromatic carbocycles. The van der Waals surface area contributed by atoms with Crippen LogP contribution < -0.4 is 10.6 Å². The van der Waals surface area contributed by atoms with Crippen molar-refractivity contribution in [2.45, 2.75) is 42.8 Å². The molecule has 0 radical (unpaired) electrons. The fraction of sp³-hybridized carbons (Fsp3) is 0.316. The van der Waals surface area contributed by atoms with Crippen LogP contribution in [0.15, 0.2) is 35.2 Å². The molecule has 1 aliphatic carbocycles. The van der Waals surface area contributed by atoms with Crippen molar-refractivity contribution >= 4 is 38.8 Å². The first-order valence-electron chi connectivity index (χ1n) is 8.80. The Morgan fingerprint density at radius 1 is 1.14 bits per heavy atom. The predicted octanol–water partition coefficient (Wildman–Crippen LogP) is 4.85. The molecule has 28 heavy (non-hydrogen) atoms. The minimum absolute atomic E-state index is 0.101. The smallest absolute Gasteiger partial charge is 0.323 e. The average molecular weight is 427 g/mol. The Kier molecular flexibility index (Phi) is 5.81. The van der Waals surface area contributed by atoms with E-state index >= 15 is 0 Å². The van der Waals surface area contributed by atoms with Gasteiger partial charge >= 0.3 is 6.03 Å². The van der Waals surface area contributed by atoms with Gasteiger partial charge in [0.2, 0.25) is 0 Å². The van der Waals surface area contributed by atoms with E-state index in [1.54, 1.807) is 0 Å². The lowest BCUT2D eigenvalue weighted by Crippen LogP contribution is -2.22. The SMILES string of the molecule is Cc1c(F)cccc1NC(=O)Nc1ccc(Cl)c(S(=O)(=O)C2CCCC2)c1O. The van der Waals surface area contributed by atoms with Crippen LogP contribution >= 0.6 is 11.6 Å². The van der Waals surface area contributed by atoms with Crippen molar-refractivity contribution in [2.24, 2.45) is 0 Å². The molecule has 0 bridgehead atoms. The van der Waals surface area contributed by atoms with Gasteiger partial charge in [0.25, 0.3) is 0 Å². The van der Waals surface area contributed by atoms with E-state index in [2.05, 4.69) is 10.6 Å². The molecule has 0 saturated heterocycles. The summed E-state index contributed by atoms with van der Waals surface area (Å²) in [5, 5.41) is 14.7. The largest absolute Gasteiger partial charge is 0.504 e. The van der Waals surface area contributed by atoms with Crippen LogP contribution in [-0.2, 0) is 9.84 Å². The zero-order chi connectivity index (χ0) is 20.5. The molecule has 150 valence electrons. The fourth-order valence-corrected chi connectivity index (χ4v) is 5.78. The third-order valence-corrected chi connectivity index (χ3v) is 7.63. The Morgan fingerprint density at radius 3 is 2.46 bits per heavy atom. The van der Waals surface area contributed by atoms with Crippen molar-refractivity contribution in [3.8, 4) is 5.75 Å². The molecule has 0 aromatic heterocycles. The highest BCUT2D eigenvalue weighted by Gasteiger charge is 2.35. The second kappa shape index (κ2) is 7.97. The summed E-state index contributed by atoms with van der Waals surface area (Å²) < 4.78 is 39.3. The number of carbonyl (C=O) groups excluding carboxylic acids is 1. The maximum Gasteiger partial charge on any atom is 0.323 e. The lowest BCUT2D eigenvalue weighted by molar-refractivity contribution is 0.262. The Hall–Kier alpha value is -2.32. The Labute approximate surface area is 167 Å². The maximum absolute atomic E-state index is 13.6. The summed E-state index contributed by atoms with van der Waals surface area (Å²) in [6.45, 7) is 1.51. The lowest BCUT2D eigenvalue weighted by atomic mass is 10.2. The van der Waals surface area contributed by atoms with E-state index in [9.17, 15) is 22.7 Å². The normalized spacial score (nSPS) is 14.8. The van der Waals surface area contributed by atoms with Crippen LogP contribution in [0, 0.1) is 12.7 Å². The summed E-state index contributed by atoms with van der Waals surface area (Å²) in [5.41, 5.74) is 0.403. The van der Waals surface area contributed by atoms with Crippen LogP contribution in [0.1, 0.15) is 31.2 Å². The number of urea groups is 1. The van der Waals surface area contributed by atoms with Gasteiger partial charge in [-0.2, -0.15) is 0 Å². The quantitative estimate of drug-likeness (QED) is 0.609. The van der Waals surface area contributed by atoms with Gasteiger partial charge in [-0.1, -0.05) is 30.5 Å². The topological polar surface area (TPSA) is 95.5 Å². The third-order valence-electron chi connectivity index (χ3n) is 4.87. The molecule has 3 rings (SSSR count). The number of aromatic hydroxyl groups is 1. The molecule has 1 saturated carbocycles. The molecule has 0 aliphatic heterocycles. The average Bonchev–Trinajstić information content (AvgIpc) is 3.17. The van der Waals surface area contributed by atoms with Crippen LogP contribution in [0.5, 0.6) is 5.75 Å². The zero-order valence-corrected chi connectivity index (χ0v) is 16.7. The summed E-state index contributed by atoms with van der Waals surface area (Å²) in [6.07, 6.45) is 2.62. The minimum Gasteiger partial charge on any atom is -0.504 e. The van der Waals surface area contributed by atoms with Crippen molar-refractivity contribution in [1.29, 1.82) is 0 Å². The number of nitrogens with one attached hydrogen (secondary N) is 2. The number of phenols is 1. The first kappa shape index (κ1) is 20.4. The summed E-state index contributed by atoms with van der Waals surface area (Å²) in [5.74, 6) is -1.08. The molecule has 0 unspecified atom stereocenters. The number of benzene rings is 2. The van der Waals surface area contributed by atoms with Crippen molar-refractivity contribution in [3.05, 3.63) is 46.7 Å². The number of carbonyl (C=O) groups is 1. The van der Waals surface area contributed by atoms with E-state index in [0.717, 1.165) is 12.8 Å². The monoisotopic (exact) mass is 426 g/mol. The molecule has 6 nitrogen and oxygen atoms in total. The second-order valence-electron chi connectivity index (χ2n) is 6.72. The first-order chi connectivity index (χ1) is 13.2. The zero-order valence-electron chi connectivity index (χ0n) is 15.1. The van der Waals surface area contributed by atoms with Gasteiger partial charge in [0.1, 0.15) is 10.7 Å². The summed E-state index contributed by atoms with van der Waals surface area (Å²) >= 11 is 6.06. The van der Waals surface area contributed by atoms with Crippen LogP contribution in [0.25, 0.3) is 0 Å². The Bertz CT molecular complexity index is 1020. The van der Waals surface area contributed by atoms with Crippen molar-refractivity contribution in [2.75, 3.05) is 10.6 Å². The van der Waals surface area contributed by atoms with Crippen LogP contribution in [0.2, 0.25) is 5.02 Å². The molecule has 2 amide bonds.